The summed E-state index contributed by atoms with van der Waals surface area (Å²) in [5, 5.41) is 0. The van der Waals surface area contributed by atoms with E-state index in [1.807, 2.05) is 24.3 Å². The molecule has 2 N–H and O–H groups in total. The molecule has 0 amide bonds. The van der Waals surface area contributed by atoms with Crippen molar-refractivity contribution in [3.8, 4) is 11.5 Å². The van der Waals surface area contributed by atoms with Gasteiger partial charge in [0.1, 0.15) is 23.9 Å². The van der Waals surface area contributed by atoms with Crippen molar-refractivity contribution in [2.24, 2.45) is 0 Å². The average Bonchev–Trinajstić information content (AvgIpc) is 2.43. The minimum absolute atomic E-state index is 0.164. The third-order valence-corrected chi connectivity index (χ3v) is 2.87. The molecule has 0 aliphatic carbocycles. The zero-order valence-corrected chi connectivity index (χ0v) is 10.9. The van der Waals surface area contributed by atoms with Crippen LogP contribution >= 0.6 is 0 Å². The quantitative estimate of drug-likeness (QED) is 0.859. The van der Waals surface area contributed by atoms with Gasteiger partial charge in [-0.3, -0.25) is 0 Å². The van der Waals surface area contributed by atoms with Crippen molar-refractivity contribution in [3.63, 3.8) is 0 Å². The van der Waals surface area contributed by atoms with Gasteiger partial charge in [0.2, 0.25) is 0 Å². The predicted octanol–water partition coefficient (Wildman–Crippen LogP) is 3.30. The Morgan fingerprint density at radius 2 is 1.79 bits per heavy atom. The Kier molecular flexibility index (Phi) is 3.90. The van der Waals surface area contributed by atoms with Crippen LogP contribution in [-0.4, -0.2) is 7.11 Å². The van der Waals surface area contributed by atoms with E-state index in [0.29, 0.717) is 17.9 Å². The fourth-order valence-electron chi connectivity index (χ4n) is 1.70. The molecule has 0 aliphatic heterocycles. The van der Waals surface area contributed by atoms with Gasteiger partial charge in [0, 0.05) is 6.07 Å². The highest BCUT2D eigenvalue weighted by atomic mass is 19.1. The SMILES string of the molecule is COc1ccc(COc2cc(C)c(N)c(F)c2)cc1. The number of benzene rings is 2. The maximum Gasteiger partial charge on any atom is 0.150 e. The van der Waals surface area contributed by atoms with E-state index in [-0.39, 0.29) is 5.69 Å². The zero-order valence-electron chi connectivity index (χ0n) is 10.9. The number of ether oxygens (including phenoxy) is 2. The van der Waals surface area contributed by atoms with Crippen molar-refractivity contribution in [3.05, 3.63) is 53.3 Å². The number of anilines is 1. The second kappa shape index (κ2) is 5.61. The van der Waals surface area contributed by atoms with Gasteiger partial charge < -0.3 is 15.2 Å². The van der Waals surface area contributed by atoms with E-state index in [1.54, 1.807) is 20.1 Å². The Balaban J connectivity index is 2.05. The van der Waals surface area contributed by atoms with Crippen LogP contribution in [0.4, 0.5) is 10.1 Å². The Bertz CT molecular complexity index is 544. The van der Waals surface area contributed by atoms with Crippen LogP contribution in [-0.2, 0) is 6.61 Å². The molecular formula is C15H16FNO2. The zero-order chi connectivity index (χ0) is 13.8. The van der Waals surface area contributed by atoms with E-state index in [0.717, 1.165) is 11.3 Å². The van der Waals surface area contributed by atoms with E-state index in [4.69, 9.17) is 15.2 Å². The molecule has 0 saturated carbocycles. The summed E-state index contributed by atoms with van der Waals surface area (Å²) in [4.78, 5) is 0. The minimum atomic E-state index is -0.454. The van der Waals surface area contributed by atoms with Crippen molar-refractivity contribution in [2.45, 2.75) is 13.5 Å². The van der Waals surface area contributed by atoms with Crippen molar-refractivity contribution in [1.82, 2.24) is 0 Å². The number of rotatable bonds is 4. The van der Waals surface area contributed by atoms with E-state index >= 15 is 0 Å². The molecule has 0 bridgehead atoms. The van der Waals surface area contributed by atoms with Crippen molar-refractivity contribution < 1.29 is 13.9 Å². The van der Waals surface area contributed by atoms with Crippen LogP contribution in [0, 0.1) is 12.7 Å². The predicted molar refractivity (Wildman–Crippen MR) is 72.9 cm³/mol. The lowest BCUT2D eigenvalue weighted by Gasteiger charge is -2.09. The molecule has 3 nitrogen and oxygen atoms in total. The summed E-state index contributed by atoms with van der Waals surface area (Å²) in [5.41, 5.74) is 7.36. The number of methoxy groups -OCH3 is 1. The summed E-state index contributed by atoms with van der Waals surface area (Å²) in [5.74, 6) is 0.808. The standard InChI is InChI=1S/C15H16FNO2/c1-10-7-13(8-14(16)15(10)17)19-9-11-3-5-12(18-2)6-4-11/h3-8H,9,17H2,1-2H3. The monoisotopic (exact) mass is 261 g/mol. The number of halogens is 1. The largest absolute Gasteiger partial charge is 0.497 e. The molecule has 0 radical (unpaired) electrons. The summed E-state index contributed by atoms with van der Waals surface area (Å²) in [6.45, 7) is 2.12. The molecule has 100 valence electrons. The first-order valence-electron chi connectivity index (χ1n) is 5.91. The molecule has 0 aromatic heterocycles. The van der Waals surface area contributed by atoms with E-state index in [9.17, 15) is 4.39 Å². The number of nitrogen functional groups attached to an aromatic ring is 1. The summed E-state index contributed by atoms with van der Waals surface area (Å²) in [6, 6.07) is 10.5. The molecule has 2 aromatic rings. The lowest BCUT2D eigenvalue weighted by molar-refractivity contribution is 0.304. The number of nitrogens with two attached hydrogens (primary N) is 1. The van der Waals surface area contributed by atoms with Gasteiger partial charge in [-0.25, -0.2) is 4.39 Å². The molecular weight excluding hydrogens is 245 g/mol. The summed E-state index contributed by atoms with van der Waals surface area (Å²) < 4.78 is 24.1. The van der Waals surface area contributed by atoms with E-state index < -0.39 is 5.82 Å². The third kappa shape index (κ3) is 3.16. The van der Waals surface area contributed by atoms with Gasteiger partial charge in [-0.2, -0.15) is 0 Å². The van der Waals surface area contributed by atoms with Crippen LogP contribution in [0.5, 0.6) is 11.5 Å². The van der Waals surface area contributed by atoms with Gasteiger partial charge >= 0.3 is 0 Å². The highest BCUT2D eigenvalue weighted by Crippen LogP contribution is 2.23. The van der Waals surface area contributed by atoms with Crippen LogP contribution in [0.2, 0.25) is 0 Å². The van der Waals surface area contributed by atoms with Crippen LogP contribution in [0.3, 0.4) is 0 Å². The molecule has 0 heterocycles. The fourth-order valence-corrected chi connectivity index (χ4v) is 1.70. The fraction of sp³-hybridized carbons (Fsp3) is 0.200. The third-order valence-electron chi connectivity index (χ3n) is 2.87. The molecule has 4 heteroatoms. The lowest BCUT2D eigenvalue weighted by Crippen LogP contribution is -1.99. The first-order chi connectivity index (χ1) is 9.10. The maximum absolute atomic E-state index is 13.4. The summed E-state index contributed by atoms with van der Waals surface area (Å²) in [6.07, 6.45) is 0. The Morgan fingerprint density at radius 1 is 1.11 bits per heavy atom. The van der Waals surface area contributed by atoms with Crippen LogP contribution in [0.15, 0.2) is 36.4 Å². The number of hydrogen-bond donors (Lipinski definition) is 1. The second-order valence-electron chi connectivity index (χ2n) is 4.27. The average molecular weight is 261 g/mol. The highest BCUT2D eigenvalue weighted by Gasteiger charge is 2.05. The molecule has 0 saturated heterocycles. The smallest absolute Gasteiger partial charge is 0.150 e. The minimum Gasteiger partial charge on any atom is -0.497 e. The first kappa shape index (κ1) is 13.2. The van der Waals surface area contributed by atoms with Gasteiger partial charge in [-0.1, -0.05) is 12.1 Å². The van der Waals surface area contributed by atoms with Crippen LogP contribution in [0.1, 0.15) is 11.1 Å². The maximum atomic E-state index is 13.4. The molecule has 0 spiro atoms. The number of hydrogen-bond acceptors (Lipinski definition) is 3. The molecule has 0 aliphatic rings. The van der Waals surface area contributed by atoms with Gasteiger partial charge in [0.05, 0.1) is 12.8 Å². The molecule has 0 atom stereocenters. The van der Waals surface area contributed by atoms with E-state index in [1.165, 1.54) is 6.07 Å². The van der Waals surface area contributed by atoms with Crippen molar-refractivity contribution in [1.29, 1.82) is 0 Å². The molecule has 0 unspecified atom stereocenters. The molecule has 19 heavy (non-hydrogen) atoms. The van der Waals surface area contributed by atoms with Crippen molar-refractivity contribution in [2.75, 3.05) is 12.8 Å². The van der Waals surface area contributed by atoms with Gasteiger partial charge in [-0.05, 0) is 36.2 Å². The topological polar surface area (TPSA) is 44.5 Å². The first-order valence-corrected chi connectivity index (χ1v) is 5.91. The Morgan fingerprint density at radius 3 is 2.37 bits per heavy atom. The summed E-state index contributed by atoms with van der Waals surface area (Å²) in [7, 11) is 1.62. The highest BCUT2D eigenvalue weighted by molar-refractivity contribution is 5.51. The van der Waals surface area contributed by atoms with Crippen LogP contribution < -0.4 is 15.2 Å². The normalized spacial score (nSPS) is 10.3. The number of aryl methyl sites for hydroxylation is 1. The summed E-state index contributed by atoms with van der Waals surface area (Å²) >= 11 is 0. The Labute approximate surface area is 111 Å². The molecule has 2 rings (SSSR count). The van der Waals surface area contributed by atoms with Crippen LogP contribution in [0.25, 0.3) is 0 Å². The second-order valence-corrected chi connectivity index (χ2v) is 4.27. The van der Waals surface area contributed by atoms with Crippen molar-refractivity contribution >= 4 is 5.69 Å². The van der Waals surface area contributed by atoms with E-state index in [2.05, 4.69) is 0 Å². The Hall–Kier alpha value is -2.23. The lowest BCUT2D eigenvalue weighted by atomic mass is 10.2. The van der Waals surface area contributed by atoms with Gasteiger partial charge in [0.15, 0.2) is 0 Å². The molecule has 0 fully saturated rings. The van der Waals surface area contributed by atoms with Gasteiger partial charge in [-0.15, -0.1) is 0 Å². The molecule has 2 aromatic carbocycles. The van der Waals surface area contributed by atoms with Gasteiger partial charge in [0.25, 0.3) is 0 Å².